The number of thiazole rings is 1. The Bertz CT molecular complexity index is 1170. The van der Waals surface area contributed by atoms with Crippen molar-refractivity contribution in [2.24, 2.45) is 5.92 Å². The van der Waals surface area contributed by atoms with Crippen molar-refractivity contribution in [1.29, 1.82) is 0 Å². The van der Waals surface area contributed by atoms with Crippen LogP contribution in [-0.4, -0.2) is 44.4 Å². The van der Waals surface area contributed by atoms with Gasteiger partial charge in [-0.25, -0.2) is 9.97 Å². The van der Waals surface area contributed by atoms with Crippen molar-refractivity contribution >= 4 is 17.2 Å². The van der Waals surface area contributed by atoms with Gasteiger partial charge < -0.3 is 9.64 Å². The average Bonchev–Trinajstić information content (AvgIpc) is 3.54. The molecule has 2 aliphatic rings. The van der Waals surface area contributed by atoms with Gasteiger partial charge in [0.25, 0.3) is 5.91 Å². The number of pyridine rings is 2. The fraction of sp³-hybridized carbons (Fsp3) is 0.391. The van der Waals surface area contributed by atoms with Gasteiger partial charge in [-0.2, -0.15) is 13.2 Å². The minimum atomic E-state index is -4.45. The van der Waals surface area contributed by atoms with Crippen molar-refractivity contribution in [3.05, 3.63) is 58.9 Å². The first-order valence-corrected chi connectivity index (χ1v) is 11.5. The Kier molecular flexibility index (Phi) is 5.35. The number of carbonyl (C=O) groups excluding carboxylic acids is 1. The van der Waals surface area contributed by atoms with Crippen molar-refractivity contribution in [2.45, 2.75) is 37.9 Å². The maximum atomic E-state index is 13.7. The first-order valence-electron chi connectivity index (χ1n) is 10.6. The Morgan fingerprint density at radius 2 is 2.12 bits per heavy atom. The molecule has 172 valence electrons. The van der Waals surface area contributed by atoms with Crippen LogP contribution >= 0.6 is 11.3 Å². The van der Waals surface area contributed by atoms with Gasteiger partial charge in [-0.15, -0.1) is 11.3 Å². The molecular formula is C23H21F3N4O2S. The molecule has 0 spiro atoms. The van der Waals surface area contributed by atoms with Gasteiger partial charge in [0.1, 0.15) is 17.3 Å². The van der Waals surface area contributed by atoms with Crippen LogP contribution in [0.1, 0.15) is 40.7 Å². The van der Waals surface area contributed by atoms with Gasteiger partial charge in [-0.05, 0) is 49.8 Å². The van der Waals surface area contributed by atoms with Crippen LogP contribution in [-0.2, 0) is 6.18 Å². The number of hydrogen-bond donors (Lipinski definition) is 0. The Balaban J connectivity index is 1.39. The van der Waals surface area contributed by atoms with E-state index in [2.05, 4.69) is 15.0 Å². The number of carbonyl (C=O) groups is 1. The molecule has 0 radical (unpaired) electrons. The summed E-state index contributed by atoms with van der Waals surface area (Å²) in [5, 5.41) is 2.52. The van der Waals surface area contributed by atoms with Crippen LogP contribution in [0.5, 0.6) is 5.88 Å². The van der Waals surface area contributed by atoms with E-state index in [0.29, 0.717) is 28.7 Å². The predicted molar refractivity (Wildman–Crippen MR) is 116 cm³/mol. The lowest BCUT2D eigenvalue weighted by molar-refractivity contribution is -0.137. The molecule has 1 saturated carbocycles. The molecule has 2 bridgehead atoms. The number of aromatic nitrogens is 3. The van der Waals surface area contributed by atoms with E-state index in [1.807, 2.05) is 23.3 Å². The molecular weight excluding hydrogens is 453 g/mol. The number of ether oxygens (including phenoxy) is 1. The molecule has 1 aliphatic carbocycles. The van der Waals surface area contributed by atoms with E-state index >= 15 is 0 Å². The highest BCUT2D eigenvalue weighted by Gasteiger charge is 2.53. The summed E-state index contributed by atoms with van der Waals surface area (Å²) in [6.07, 6.45) is 2.27. The summed E-state index contributed by atoms with van der Waals surface area (Å²) in [4.78, 5) is 28.2. The van der Waals surface area contributed by atoms with Crippen LogP contribution in [0.25, 0.3) is 10.7 Å². The van der Waals surface area contributed by atoms with Crippen molar-refractivity contribution in [1.82, 2.24) is 19.9 Å². The second-order valence-electron chi connectivity index (χ2n) is 8.67. The molecule has 1 amide bonds. The SMILES string of the molecule is Cc1cnc(-c2nccs2)c(C(=O)N2CC3CCC2(COc2ccc(C(F)(F)F)cn2)C3)c1. The summed E-state index contributed by atoms with van der Waals surface area (Å²) in [7, 11) is 0. The average molecular weight is 475 g/mol. The van der Waals surface area contributed by atoms with Crippen LogP contribution < -0.4 is 4.74 Å². The maximum absolute atomic E-state index is 13.7. The lowest BCUT2D eigenvalue weighted by Gasteiger charge is -2.38. The summed E-state index contributed by atoms with van der Waals surface area (Å²) >= 11 is 1.42. The summed E-state index contributed by atoms with van der Waals surface area (Å²) in [5.41, 5.74) is 0.597. The molecule has 0 N–H and O–H groups in total. The molecule has 5 rings (SSSR count). The minimum Gasteiger partial charge on any atom is -0.475 e. The van der Waals surface area contributed by atoms with Gasteiger partial charge in [-0.3, -0.25) is 9.78 Å². The van der Waals surface area contributed by atoms with Gasteiger partial charge in [-0.1, -0.05) is 0 Å². The van der Waals surface area contributed by atoms with Crippen LogP contribution in [0.3, 0.4) is 0 Å². The molecule has 33 heavy (non-hydrogen) atoms. The van der Waals surface area contributed by atoms with Crippen molar-refractivity contribution in [3.63, 3.8) is 0 Å². The Morgan fingerprint density at radius 1 is 1.27 bits per heavy atom. The number of amides is 1. The van der Waals surface area contributed by atoms with E-state index in [1.165, 1.54) is 17.4 Å². The van der Waals surface area contributed by atoms with Crippen LogP contribution in [0, 0.1) is 12.8 Å². The number of likely N-dealkylation sites (tertiary alicyclic amines) is 1. The first-order chi connectivity index (χ1) is 15.7. The largest absolute Gasteiger partial charge is 0.475 e. The smallest absolute Gasteiger partial charge is 0.417 e. The lowest BCUT2D eigenvalue weighted by Crippen LogP contribution is -2.52. The number of fused-ring (bicyclic) bond motifs is 2. The fourth-order valence-electron chi connectivity index (χ4n) is 4.80. The first kappa shape index (κ1) is 21.8. The van der Waals surface area contributed by atoms with Gasteiger partial charge in [0.05, 0.1) is 16.7 Å². The minimum absolute atomic E-state index is 0.112. The number of alkyl halides is 3. The third-order valence-corrected chi connectivity index (χ3v) is 7.17. The monoisotopic (exact) mass is 474 g/mol. The number of piperidine rings is 1. The normalized spacial score (nSPS) is 22.1. The van der Waals surface area contributed by atoms with Crippen LogP contribution in [0.2, 0.25) is 0 Å². The standard InChI is InChI=1S/C23H21F3N4O2S/c1-14-8-17(19(29-10-14)20-27-6-7-33-20)21(31)30-12-15-4-5-22(30,9-15)13-32-18-3-2-16(11-28-18)23(24,25)26/h2-3,6-8,10-11,15H,4-5,9,12-13H2,1H3. The number of hydrogen-bond acceptors (Lipinski definition) is 6. The number of rotatable bonds is 5. The molecule has 3 aromatic heterocycles. The molecule has 10 heteroatoms. The van der Waals surface area contributed by atoms with Crippen molar-refractivity contribution < 1.29 is 22.7 Å². The van der Waals surface area contributed by atoms with E-state index in [4.69, 9.17) is 4.74 Å². The van der Waals surface area contributed by atoms with E-state index in [-0.39, 0.29) is 18.4 Å². The number of aryl methyl sites for hydroxylation is 1. The van der Waals surface area contributed by atoms with E-state index in [1.54, 1.807) is 12.4 Å². The van der Waals surface area contributed by atoms with Crippen molar-refractivity contribution in [2.75, 3.05) is 13.2 Å². The molecule has 1 saturated heterocycles. The summed E-state index contributed by atoms with van der Waals surface area (Å²) < 4.78 is 44.2. The van der Waals surface area contributed by atoms with E-state index in [9.17, 15) is 18.0 Å². The molecule has 2 unspecified atom stereocenters. The second-order valence-corrected chi connectivity index (χ2v) is 9.56. The van der Waals surface area contributed by atoms with Crippen LogP contribution in [0.4, 0.5) is 13.2 Å². The van der Waals surface area contributed by atoms with Gasteiger partial charge in [0, 0.05) is 36.6 Å². The number of halogens is 3. The third-order valence-electron chi connectivity index (χ3n) is 6.39. The summed E-state index contributed by atoms with van der Waals surface area (Å²) in [6, 6.07) is 4.01. The molecule has 2 fully saturated rings. The highest BCUT2D eigenvalue weighted by molar-refractivity contribution is 7.13. The van der Waals surface area contributed by atoms with Crippen LogP contribution in [0.15, 0.2) is 42.2 Å². The zero-order valence-corrected chi connectivity index (χ0v) is 18.6. The van der Waals surface area contributed by atoms with Crippen molar-refractivity contribution in [3.8, 4) is 16.6 Å². The Labute approximate surface area is 192 Å². The van der Waals surface area contributed by atoms with Gasteiger partial charge in [0.15, 0.2) is 0 Å². The number of nitrogens with zero attached hydrogens (tertiary/aromatic N) is 4. The summed E-state index contributed by atoms with van der Waals surface area (Å²) in [5.74, 6) is 0.364. The molecule has 3 aromatic rings. The lowest BCUT2D eigenvalue weighted by atomic mass is 9.96. The second kappa shape index (κ2) is 8.09. The molecule has 4 heterocycles. The molecule has 2 atom stereocenters. The molecule has 0 aromatic carbocycles. The Morgan fingerprint density at radius 3 is 2.79 bits per heavy atom. The maximum Gasteiger partial charge on any atom is 0.417 e. The highest BCUT2D eigenvalue weighted by Crippen LogP contribution is 2.47. The highest BCUT2D eigenvalue weighted by atomic mass is 32.1. The Hall–Kier alpha value is -3.01. The van der Waals surface area contributed by atoms with E-state index < -0.39 is 17.3 Å². The van der Waals surface area contributed by atoms with E-state index in [0.717, 1.165) is 37.1 Å². The third kappa shape index (κ3) is 4.07. The topological polar surface area (TPSA) is 68.2 Å². The van der Waals surface area contributed by atoms with Gasteiger partial charge >= 0.3 is 6.18 Å². The zero-order valence-electron chi connectivity index (χ0n) is 17.8. The quantitative estimate of drug-likeness (QED) is 0.521. The molecule has 6 nitrogen and oxygen atoms in total. The fourth-order valence-corrected chi connectivity index (χ4v) is 5.45. The van der Waals surface area contributed by atoms with Gasteiger partial charge in [0.2, 0.25) is 5.88 Å². The summed E-state index contributed by atoms with van der Waals surface area (Å²) in [6.45, 7) is 2.69. The predicted octanol–water partition coefficient (Wildman–Crippen LogP) is 5.00. The molecule has 1 aliphatic heterocycles. The zero-order chi connectivity index (χ0) is 23.2.